The van der Waals surface area contributed by atoms with Gasteiger partial charge in [0.2, 0.25) is 5.91 Å². The van der Waals surface area contributed by atoms with Gasteiger partial charge in [-0.25, -0.2) is 0 Å². The Morgan fingerprint density at radius 2 is 1.88 bits per heavy atom. The number of carbonyl (C=O) groups excluding carboxylic acids is 2. The summed E-state index contributed by atoms with van der Waals surface area (Å²) in [6.45, 7) is 8.70. The van der Waals surface area contributed by atoms with Crippen molar-refractivity contribution in [1.82, 2.24) is 5.32 Å². The van der Waals surface area contributed by atoms with Crippen molar-refractivity contribution in [3.05, 3.63) is 0 Å². The molecule has 0 aromatic heterocycles. The van der Waals surface area contributed by atoms with Gasteiger partial charge in [0.25, 0.3) is 0 Å². The molecule has 146 valence electrons. The summed E-state index contributed by atoms with van der Waals surface area (Å²) in [5.74, 6) is 2.87. The molecule has 26 heavy (non-hydrogen) atoms. The number of amides is 1. The third kappa shape index (κ3) is 2.54. The van der Waals surface area contributed by atoms with Gasteiger partial charge in [-0.3, -0.25) is 9.59 Å². The Labute approximate surface area is 157 Å². The highest BCUT2D eigenvalue weighted by Crippen LogP contribution is 2.66. The Bertz CT molecular complexity index is 604. The van der Waals surface area contributed by atoms with Gasteiger partial charge in [0.15, 0.2) is 0 Å². The molecule has 0 aromatic carbocycles. The molecule has 1 N–H and O–H groups in total. The van der Waals surface area contributed by atoms with Crippen LogP contribution in [0.1, 0.15) is 79.1 Å². The number of esters is 1. The van der Waals surface area contributed by atoms with Crippen LogP contribution in [0.15, 0.2) is 0 Å². The van der Waals surface area contributed by atoms with Crippen molar-refractivity contribution in [3.8, 4) is 0 Å². The minimum atomic E-state index is -0.128. The van der Waals surface area contributed by atoms with Crippen LogP contribution in [-0.4, -0.2) is 24.0 Å². The van der Waals surface area contributed by atoms with Gasteiger partial charge >= 0.3 is 5.97 Å². The molecular formula is C22H35NO3. The van der Waals surface area contributed by atoms with E-state index in [1.54, 1.807) is 6.92 Å². The second-order valence-corrected chi connectivity index (χ2v) is 10.0. The molecule has 4 nitrogen and oxygen atoms in total. The minimum Gasteiger partial charge on any atom is -0.462 e. The Hall–Kier alpha value is -1.06. The molecule has 0 radical (unpaired) electrons. The van der Waals surface area contributed by atoms with Gasteiger partial charge in [0, 0.05) is 24.8 Å². The standard InChI is InChI=1S/C22H35NO3/c1-5-14-12-17-21(3,11-9-19(25)23-17)16-8-10-22(4)15(20(14)16)6-7-18(22)26-13(2)24/h14-18,20H,5-12H2,1-4H3,(H,23,25)/t14-,15-,16-,17+,18-,20-,21+,22-/m0/s1. The van der Waals surface area contributed by atoms with Crippen LogP contribution < -0.4 is 5.32 Å². The van der Waals surface area contributed by atoms with Crippen LogP contribution in [0.4, 0.5) is 0 Å². The lowest BCUT2D eigenvalue weighted by Gasteiger charge is -2.62. The molecule has 4 aliphatic rings. The van der Waals surface area contributed by atoms with Crippen molar-refractivity contribution in [2.24, 2.45) is 34.5 Å². The van der Waals surface area contributed by atoms with Crippen molar-refractivity contribution in [1.29, 1.82) is 0 Å². The van der Waals surface area contributed by atoms with Crippen LogP contribution in [-0.2, 0) is 14.3 Å². The second kappa shape index (κ2) is 6.24. The fraction of sp³-hybridized carbons (Fsp3) is 0.909. The largest absolute Gasteiger partial charge is 0.462 e. The number of hydrogen-bond donors (Lipinski definition) is 1. The lowest BCUT2D eigenvalue weighted by molar-refractivity contribution is -0.165. The molecule has 1 aliphatic heterocycles. The van der Waals surface area contributed by atoms with E-state index in [4.69, 9.17) is 4.74 Å². The van der Waals surface area contributed by atoms with Crippen LogP contribution in [0.25, 0.3) is 0 Å². The number of piperidine rings is 1. The number of carbonyl (C=O) groups is 2. The highest BCUT2D eigenvalue weighted by molar-refractivity contribution is 5.77. The summed E-state index contributed by atoms with van der Waals surface area (Å²) in [7, 11) is 0. The van der Waals surface area contributed by atoms with Gasteiger partial charge in [-0.1, -0.05) is 27.2 Å². The highest BCUT2D eigenvalue weighted by Gasteiger charge is 2.63. The molecule has 4 fully saturated rings. The smallest absolute Gasteiger partial charge is 0.302 e. The predicted octanol–water partition coefficient (Wildman–Crippen LogP) is 4.08. The van der Waals surface area contributed by atoms with Crippen molar-refractivity contribution in [2.75, 3.05) is 0 Å². The molecule has 3 aliphatic carbocycles. The molecule has 0 aromatic rings. The summed E-state index contributed by atoms with van der Waals surface area (Å²) in [5, 5.41) is 3.35. The molecule has 0 bridgehead atoms. The summed E-state index contributed by atoms with van der Waals surface area (Å²) < 4.78 is 5.78. The van der Waals surface area contributed by atoms with E-state index >= 15 is 0 Å². The van der Waals surface area contributed by atoms with Crippen molar-refractivity contribution in [3.63, 3.8) is 0 Å². The Morgan fingerprint density at radius 3 is 2.58 bits per heavy atom. The first-order valence-corrected chi connectivity index (χ1v) is 10.8. The number of nitrogens with one attached hydrogen (secondary N) is 1. The zero-order chi connectivity index (χ0) is 18.7. The molecule has 3 saturated carbocycles. The fourth-order valence-electron chi connectivity index (χ4n) is 7.63. The van der Waals surface area contributed by atoms with E-state index in [0.717, 1.165) is 31.6 Å². The van der Waals surface area contributed by atoms with E-state index < -0.39 is 0 Å². The zero-order valence-electron chi connectivity index (χ0n) is 16.8. The quantitative estimate of drug-likeness (QED) is 0.754. The van der Waals surface area contributed by atoms with Gasteiger partial charge in [-0.2, -0.15) is 0 Å². The van der Waals surface area contributed by atoms with E-state index in [-0.39, 0.29) is 28.8 Å². The van der Waals surface area contributed by atoms with Crippen LogP contribution in [0, 0.1) is 34.5 Å². The first kappa shape index (κ1) is 18.3. The van der Waals surface area contributed by atoms with Crippen LogP contribution in [0.2, 0.25) is 0 Å². The minimum absolute atomic E-state index is 0.0973. The van der Waals surface area contributed by atoms with E-state index in [1.807, 2.05) is 0 Å². The number of rotatable bonds is 2. The molecular weight excluding hydrogens is 326 g/mol. The highest BCUT2D eigenvalue weighted by atomic mass is 16.5. The number of hydrogen-bond acceptors (Lipinski definition) is 3. The fourth-order valence-corrected chi connectivity index (χ4v) is 7.63. The third-order valence-corrected chi connectivity index (χ3v) is 9.03. The zero-order valence-corrected chi connectivity index (χ0v) is 16.8. The molecule has 8 atom stereocenters. The lowest BCUT2D eigenvalue weighted by Crippen LogP contribution is -2.63. The van der Waals surface area contributed by atoms with Gasteiger partial charge in [-0.15, -0.1) is 0 Å². The maximum Gasteiger partial charge on any atom is 0.302 e. The van der Waals surface area contributed by atoms with E-state index in [1.165, 1.54) is 19.3 Å². The summed E-state index contributed by atoms with van der Waals surface area (Å²) in [5.41, 5.74) is 0.381. The topological polar surface area (TPSA) is 55.4 Å². The van der Waals surface area contributed by atoms with Crippen molar-refractivity contribution < 1.29 is 14.3 Å². The Kier molecular flexibility index (Phi) is 4.39. The van der Waals surface area contributed by atoms with E-state index in [9.17, 15) is 9.59 Å². The average Bonchev–Trinajstić information content (AvgIpc) is 2.91. The molecule has 4 rings (SSSR count). The second-order valence-electron chi connectivity index (χ2n) is 10.0. The van der Waals surface area contributed by atoms with Crippen LogP contribution in [0.3, 0.4) is 0 Å². The van der Waals surface area contributed by atoms with E-state index in [0.29, 0.717) is 30.2 Å². The summed E-state index contributed by atoms with van der Waals surface area (Å²) in [4.78, 5) is 23.7. The molecule has 0 unspecified atom stereocenters. The number of fused-ring (bicyclic) bond motifs is 5. The Balaban J connectivity index is 1.66. The van der Waals surface area contributed by atoms with Gasteiger partial charge in [0.1, 0.15) is 6.10 Å². The maximum absolute atomic E-state index is 12.0. The predicted molar refractivity (Wildman–Crippen MR) is 100 cm³/mol. The third-order valence-electron chi connectivity index (χ3n) is 9.03. The first-order valence-electron chi connectivity index (χ1n) is 10.8. The van der Waals surface area contributed by atoms with Crippen molar-refractivity contribution in [2.45, 2.75) is 91.2 Å². The molecule has 1 saturated heterocycles. The average molecular weight is 362 g/mol. The van der Waals surface area contributed by atoms with Gasteiger partial charge < -0.3 is 10.1 Å². The lowest BCUT2D eigenvalue weighted by atomic mass is 9.45. The SMILES string of the molecule is CC[C@H]1C[C@H]2NC(=O)CC[C@]2(C)[C@H]2CC[C@]3(C)[C@@H](OC(C)=O)CC[C@H]3[C@H]12. The molecule has 4 heteroatoms. The molecule has 1 amide bonds. The summed E-state index contributed by atoms with van der Waals surface area (Å²) in [6, 6.07) is 0.352. The first-order chi connectivity index (χ1) is 12.3. The normalized spacial score (nSPS) is 50.2. The van der Waals surface area contributed by atoms with Gasteiger partial charge in [0.05, 0.1) is 0 Å². The molecule has 1 heterocycles. The van der Waals surface area contributed by atoms with Gasteiger partial charge in [-0.05, 0) is 67.6 Å². The molecule has 0 spiro atoms. The van der Waals surface area contributed by atoms with Crippen LogP contribution in [0.5, 0.6) is 0 Å². The summed E-state index contributed by atoms with van der Waals surface area (Å²) >= 11 is 0. The van der Waals surface area contributed by atoms with E-state index in [2.05, 4.69) is 26.1 Å². The number of ether oxygens (including phenoxy) is 1. The monoisotopic (exact) mass is 361 g/mol. The Morgan fingerprint density at radius 1 is 1.15 bits per heavy atom. The van der Waals surface area contributed by atoms with Crippen LogP contribution >= 0.6 is 0 Å². The summed E-state index contributed by atoms with van der Waals surface area (Å²) in [6.07, 6.45) is 8.73. The van der Waals surface area contributed by atoms with Crippen molar-refractivity contribution >= 4 is 11.9 Å². The maximum atomic E-state index is 12.0.